The van der Waals surface area contributed by atoms with Crippen LogP contribution in [0.4, 0.5) is 0 Å². The number of thioether (sulfide) groups is 1. The Morgan fingerprint density at radius 1 is 1.32 bits per heavy atom. The Hall–Kier alpha value is -2.78. The van der Waals surface area contributed by atoms with Crippen molar-refractivity contribution >= 4 is 11.8 Å². The van der Waals surface area contributed by atoms with Crippen LogP contribution in [-0.2, 0) is 13.0 Å². The van der Waals surface area contributed by atoms with Gasteiger partial charge in [0.2, 0.25) is 5.82 Å². The van der Waals surface area contributed by atoms with Crippen molar-refractivity contribution < 1.29 is 4.42 Å². The molecule has 0 fully saturated rings. The molecule has 1 atom stereocenters. The zero-order valence-electron chi connectivity index (χ0n) is 13.9. The molecule has 0 bridgehead atoms. The van der Waals surface area contributed by atoms with Gasteiger partial charge in [-0.05, 0) is 31.0 Å². The molecule has 0 amide bonds. The van der Waals surface area contributed by atoms with Crippen LogP contribution in [0.5, 0.6) is 0 Å². The summed E-state index contributed by atoms with van der Waals surface area (Å²) in [6, 6.07) is 14.2. The van der Waals surface area contributed by atoms with Crippen LogP contribution in [0.3, 0.4) is 0 Å². The lowest BCUT2D eigenvalue weighted by Gasteiger charge is -2.10. The number of furan rings is 1. The minimum absolute atomic E-state index is 0.250. The molecular formula is C19H18N4OS. The smallest absolute Gasteiger partial charge is 0.200 e. The average Bonchev–Trinajstić information content (AvgIpc) is 3.27. The number of nitriles is 1. The van der Waals surface area contributed by atoms with Crippen LogP contribution < -0.4 is 0 Å². The highest BCUT2D eigenvalue weighted by Crippen LogP contribution is 2.28. The van der Waals surface area contributed by atoms with E-state index in [0.29, 0.717) is 29.7 Å². The molecule has 1 aromatic carbocycles. The lowest BCUT2D eigenvalue weighted by atomic mass is 10.1. The lowest BCUT2D eigenvalue weighted by Crippen LogP contribution is -2.07. The number of nitrogens with zero attached hydrogens (tertiary/aromatic N) is 4. The van der Waals surface area contributed by atoms with Crippen LogP contribution in [0.1, 0.15) is 11.1 Å². The molecule has 2 heterocycles. The maximum absolute atomic E-state index is 9.55. The van der Waals surface area contributed by atoms with Crippen molar-refractivity contribution in [3.05, 3.63) is 66.4 Å². The number of allylic oxidation sites excluding steroid dienone is 1. The largest absolute Gasteiger partial charge is 0.461 e. The number of benzene rings is 1. The van der Waals surface area contributed by atoms with Crippen LogP contribution in [0.2, 0.25) is 0 Å². The molecule has 2 aromatic heterocycles. The minimum atomic E-state index is -0.250. The predicted octanol–water partition coefficient (Wildman–Crippen LogP) is 4.26. The molecule has 0 aliphatic heterocycles. The fourth-order valence-electron chi connectivity index (χ4n) is 2.44. The first-order valence-corrected chi connectivity index (χ1v) is 8.79. The van der Waals surface area contributed by atoms with E-state index in [4.69, 9.17) is 4.42 Å². The van der Waals surface area contributed by atoms with E-state index in [-0.39, 0.29) is 5.25 Å². The average molecular weight is 350 g/mol. The standard InChI is InChI=1S/C19H18N4OS/c1-3-10-23-18(17-5-4-11-24-17)21-22-19(23)25-16(13-20)12-15-8-6-14(2)7-9-15/h3-9,11,16H,1,10,12H2,2H3. The molecule has 6 heteroatoms. The van der Waals surface area contributed by atoms with Crippen molar-refractivity contribution in [1.29, 1.82) is 5.26 Å². The number of aryl methyl sites for hydroxylation is 1. The molecule has 0 saturated heterocycles. The molecule has 25 heavy (non-hydrogen) atoms. The topological polar surface area (TPSA) is 67.6 Å². The molecule has 0 N–H and O–H groups in total. The molecule has 0 spiro atoms. The van der Waals surface area contributed by atoms with E-state index in [2.05, 4.69) is 47.1 Å². The highest BCUT2D eigenvalue weighted by atomic mass is 32.2. The van der Waals surface area contributed by atoms with E-state index >= 15 is 0 Å². The molecular weight excluding hydrogens is 332 g/mol. The zero-order chi connectivity index (χ0) is 17.6. The Morgan fingerprint density at radius 3 is 2.76 bits per heavy atom. The summed E-state index contributed by atoms with van der Waals surface area (Å²) >= 11 is 1.41. The highest BCUT2D eigenvalue weighted by molar-refractivity contribution is 8.00. The summed E-state index contributed by atoms with van der Waals surface area (Å²) in [5.74, 6) is 1.28. The number of hydrogen-bond acceptors (Lipinski definition) is 5. The van der Waals surface area contributed by atoms with E-state index in [0.717, 1.165) is 5.56 Å². The summed E-state index contributed by atoms with van der Waals surface area (Å²) in [4.78, 5) is 0. The van der Waals surface area contributed by atoms with E-state index < -0.39 is 0 Å². The molecule has 0 saturated carbocycles. The van der Waals surface area contributed by atoms with Crippen LogP contribution in [-0.4, -0.2) is 20.0 Å². The quantitative estimate of drug-likeness (QED) is 0.470. The van der Waals surface area contributed by atoms with E-state index in [1.807, 2.05) is 23.6 Å². The van der Waals surface area contributed by atoms with Gasteiger partial charge in [0, 0.05) is 6.54 Å². The highest BCUT2D eigenvalue weighted by Gasteiger charge is 2.19. The second-order valence-electron chi connectivity index (χ2n) is 5.61. The van der Waals surface area contributed by atoms with Crippen molar-refractivity contribution in [3.8, 4) is 17.7 Å². The SMILES string of the molecule is C=CCn1c(SC(C#N)Cc2ccc(C)cc2)nnc1-c1ccco1. The summed E-state index contributed by atoms with van der Waals surface area (Å²) in [5.41, 5.74) is 2.34. The van der Waals surface area contributed by atoms with E-state index in [1.165, 1.54) is 17.3 Å². The summed E-state index contributed by atoms with van der Waals surface area (Å²) < 4.78 is 7.34. The molecule has 3 aromatic rings. The molecule has 0 radical (unpaired) electrons. The van der Waals surface area contributed by atoms with Crippen LogP contribution >= 0.6 is 11.8 Å². The second kappa shape index (κ2) is 7.86. The van der Waals surface area contributed by atoms with Gasteiger partial charge in [-0.1, -0.05) is 47.7 Å². The first-order valence-electron chi connectivity index (χ1n) is 7.91. The lowest BCUT2D eigenvalue weighted by molar-refractivity contribution is 0.569. The molecule has 1 unspecified atom stereocenters. The Morgan fingerprint density at radius 2 is 2.12 bits per heavy atom. The zero-order valence-corrected chi connectivity index (χ0v) is 14.7. The van der Waals surface area contributed by atoms with Crippen molar-refractivity contribution in [2.24, 2.45) is 0 Å². The Labute approximate surface area is 151 Å². The van der Waals surface area contributed by atoms with Gasteiger partial charge in [-0.2, -0.15) is 5.26 Å². The number of hydrogen-bond donors (Lipinski definition) is 0. The molecule has 5 nitrogen and oxygen atoms in total. The van der Waals surface area contributed by atoms with Gasteiger partial charge in [-0.3, -0.25) is 4.57 Å². The molecule has 0 aliphatic carbocycles. The van der Waals surface area contributed by atoms with Crippen molar-refractivity contribution in [2.45, 2.75) is 30.3 Å². The van der Waals surface area contributed by atoms with Crippen LogP contribution in [0.15, 0.2) is 64.9 Å². The predicted molar refractivity (Wildman–Crippen MR) is 98.1 cm³/mol. The molecule has 0 aliphatic rings. The van der Waals surface area contributed by atoms with Crippen molar-refractivity contribution in [2.75, 3.05) is 0 Å². The number of aromatic nitrogens is 3. The van der Waals surface area contributed by atoms with Crippen LogP contribution in [0.25, 0.3) is 11.6 Å². The van der Waals surface area contributed by atoms with Crippen molar-refractivity contribution in [3.63, 3.8) is 0 Å². The fraction of sp³-hybridized carbons (Fsp3) is 0.211. The van der Waals surface area contributed by atoms with E-state index in [1.54, 1.807) is 12.3 Å². The third-order valence-corrected chi connectivity index (χ3v) is 4.77. The van der Waals surface area contributed by atoms with Gasteiger partial charge >= 0.3 is 0 Å². The third-order valence-electron chi connectivity index (χ3n) is 3.70. The van der Waals surface area contributed by atoms with Gasteiger partial charge in [-0.25, -0.2) is 0 Å². The van der Waals surface area contributed by atoms with Gasteiger partial charge in [0.05, 0.1) is 12.3 Å². The monoisotopic (exact) mass is 350 g/mol. The summed E-state index contributed by atoms with van der Waals surface area (Å²) in [6.45, 7) is 6.39. The Balaban J connectivity index is 1.82. The second-order valence-corrected chi connectivity index (χ2v) is 6.78. The maximum atomic E-state index is 9.55. The first kappa shape index (κ1) is 17.1. The fourth-order valence-corrected chi connectivity index (χ4v) is 3.40. The van der Waals surface area contributed by atoms with E-state index in [9.17, 15) is 5.26 Å². The van der Waals surface area contributed by atoms with Gasteiger partial charge in [0.1, 0.15) is 5.25 Å². The number of rotatable bonds is 7. The van der Waals surface area contributed by atoms with Crippen LogP contribution in [0, 0.1) is 18.3 Å². The third kappa shape index (κ3) is 4.01. The van der Waals surface area contributed by atoms with Crippen molar-refractivity contribution in [1.82, 2.24) is 14.8 Å². The maximum Gasteiger partial charge on any atom is 0.200 e. The Kier molecular flexibility index (Phi) is 5.36. The molecule has 3 rings (SSSR count). The summed E-state index contributed by atoms with van der Waals surface area (Å²) in [7, 11) is 0. The van der Waals surface area contributed by atoms with Gasteiger partial charge < -0.3 is 4.42 Å². The normalized spacial score (nSPS) is 11.8. The first-order chi connectivity index (χ1) is 12.2. The van der Waals surface area contributed by atoms with Gasteiger partial charge in [0.15, 0.2) is 10.9 Å². The van der Waals surface area contributed by atoms with Gasteiger partial charge in [0.25, 0.3) is 0 Å². The Bertz CT molecular complexity index is 875. The minimum Gasteiger partial charge on any atom is -0.461 e. The van der Waals surface area contributed by atoms with Gasteiger partial charge in [-0.15, -0.1) is 16.8 Å². The molecule has 126 valence electrons. The summed E-state index contributed by atoms with van der Waals surface area (Å²) in [5, 5.41) is 18.5. The summed E-state index contributed by atoms with van der Waals surface area (Å²) in [6.07, 6.45) is 4.03.